The maximum Gasteiger partial charge on any atom is 0.338 e. The normalized spacial score (nSPS) is 24.0. The third-order valence-corrected chi connectivity index (χ3v) is 4.98. The van der Waals surface area contributed by atoms with Gasteiger partial charge in [-0.05, 0) is 31.0 Å². The van der Waals surface area contributed by atoms with Crippen molar-refractivity contribution in [3.05, 3.63) is 52.6 Å². The Morgan fingerprint density at radius 3 is 3.04 bits per heavy atom. The number of piperazine rings is 1. The quantitative estimate of drug-likeness (QED) is 0.844. The molecule has 2 aromatic rings. The molecule has 6 heteroatoms. The maximum atomic E-state index is 11.7. The lowest BCUT2D eigenvalue weighted by molar-refractivity contribution is 0.0535. The predicted octanol–water partition coefficient (Wildman–Crippen LogP) is 1.92. The average molecular weight is 326 g/mol. The third kappa shape index (κ3) is 2.72. The highest BCUT2D eigenvalue weighted by Crippen LogP contribution is 2.31. The van der Waals surface area contributed by atoms with Gasteiger partial charge in [0.2, 0.25) is 0 Å². The van der Waals surface area contributed by atoms with Crippen LogP contribution >= 0.6 is 0 Å². The van der Waals surface area contributed by atoms with E-state index in [1.165, 1.54) is 11.1 Å². The zero-order valence-electron chi connectivity index (χ0n) is 14.0. The Morgan fingerprint density at radius 2 is 2.25 bits per heavy atom. The second-order valence-electron chi connectivity index (χ2n) is 6.76. The van der Waals surface area contributed by atoms with Crippen molar-refractivity contribution >= 4 is 5.97 Å². The fourth-order valence-corrected chi connectivity index (χ4v) is 3.84. The molecule has 126 valence electrons. The first-order chi connectivity index (χ1) is 11.6. The number of aromatic nitrogens is 2. The molecule has 24 heavy (non-hydrogen) atoms. The number of nitrogens with zero attached hydrogens (tertiary/aromatic N) is 2. The zero-order valence-corrected chi connectivity index (χ0v) is 14.0. The first-order valence-corrected chi connectivity index (χ1v) is 8.37. The number of carbonyl (C=O) groups is 1. The summed E-state index contributed by atoms with van der Waals surface area (Å²) < 4.78 is 5.18. The Labute approximate surface area is 141 Å². The monoisotopic (exact) mass is 326 g/mol. The number of cyclic esters (lactones) is 1. The number of carbonyl (C=O) groups excluding carboxylic acids is 1. The molecule has 2 aliphatic heterocycles. The van der Waals surface area contributed by atoms with Crippen LogP contribution in [0.5, 0.6) is 0 Å². The van der Waals surface area contributed by atoms with Crippen LogP contribution in [0, 0.1) is 6.92 Å². The summed E-state index contributed by atoms with van der Waals surface area (Å²) in [5, 5.41) is 3.69. The fraction of sp³-hybridized carbons (Fsp3) is 0.444. The van der Waals surface area contributed by atoms with Gasteiger partial charge >= 0.3 is 5.97 Å². The van der Waals surface area contributed by atoms with Crippen molar-refractivity contribution < 1.29 is 9.53 Å². The summed E-state index contributed by atoms with van der Waals surface area (Å²) >= 11 is 0. The van der Waals surface area contributed by atoms with E-state index in [0.717, 1.165) is 30.9 Å². The second-order valence-corrected chi connectivity index (χ2v) is 6.76. The summed E-state index contributed by atoms with van der Waals surface area (Å²) in [7, 11) is 0. The number of imidazole rings is 1. The van der Waals surface area contributed by atoms with Gasteiger partial charge < -0.3 is 15.0 Å². The van der Waals surface area contributed by atoms with Crippen LogP contribution in [0.15, 0.2) is 24.7 Å². The first kappa shape index (κ1) is 15.4. The number of aromatic amines is 1. The average Bonchev–Trinajstić information content (AvgIpc) is 3.18. The van der Waals surface area contributed by atoms with Crippen LogP contribution in [0.4, 0.5) is 0 Å². The predicted molar refractivity (Wildman–Crippen MR) is 89.5 cm³/mol. The molecule has 0 bridgehead atoms. The van der Waals surface area contributed by atoms with Crippen molar-refractivity contribution in [2.75, 3.05) is 13.1 Å². The lowest BCUT2D eigenvalue weighted by Crippen LogP contribution is -2.50. The molecule has 2 atom stereocenters. The molecule has 1 aromatic heterocycles. The Balaban J connectivity index is 1.58. The van der Waals surface area contributed by atoms with Crippen molar-refractivity contribution in [2.45, 2.75) is 39.1 Å². The van der Waals surface area contributed by atoms with E-state index in [2.05, 4.69) is 40.1 Å². The van der Waals surface area contributed by atoms with Gasteiger partial charge in [0.15, 0.2) is 0 Å². The molecule has 2 N–H and O–H groups in total. The molecular weight excluding hydrogens is 304 g/mol. The number of ether oxygens (including phenoxy) is 1. The highest BCUT2D eigenvalue weighted by Gasteiger charge is 2.30. The molecule has 0 saturated carbocycles. The minimum atomic E-state index is -0.204. The molecule has 2 aliphatic rings. The highest BCUT2D eigenvalue weighted by molar-refractivity contribution is 5.93. The molecule has 1 saturated heterocycles. The van der Waals surface area contributed by atoms with Crippen LogP contribution in [0.3, 0.4) is 0 Å². The standard InChI is InChI=1S/C18H22N4O2/c1-11-6-22(7-13-5-19-10-20-13)8-17(21-11)14-3-4-15-16(12(14)2)9-24-18(15)23/h3-5,10-11,17,21H,6-9H2,1-2H3,(H,19,20)/t11-,17-/m0/s1. The van der Waals surface area contributed by atoms with E-state index in [0.29, 0.717) is 18.2 Å². The molecule has 1 fully saturated rings. The SMILES string of the molecule is Cc1c([C@@H]2CN(Cc3c[nH]cn3)C[C@H](C)N2)ccc2c1COC2=O. The first-order valence-electron chi connectivity index (χ1n) is 8.37. The topological polar surface area (TPSA) is 70.2 Å². The van der Waals surface area contributed by atoms with Gasteiger partial charge in [0, 0.05) is 43.5 Å². The molecule has 0 radical (unpaired) electrons. The number of fused-ring (bicyclic) bond motifs is 1. The molecule has 4 rings (SSSR count). The third-order valence-electron chi connectivity index (χ3n) is 4.98. The number of hydrogen-bond donors (Lipinski definition) is 2. The Bertz CT molecular complexity index is 757. The van der Waals surface area contributed by atoms with Crippen LogP contribution in [-0.4, -0.2) is 40.0 Å². The van der Waals surface area contributed by atoms with Gasteiger partial charge in [-0.3, -0.25) is 4.90 Å². The number of benzene rings is 1. The van der Waals surface area contributed by atoms with Crippen LogP contribution < -0.4 is 5.32 Å². The summed E-state index contributed by atoms with van der Waals surface area (Å²) in [6.07, 6.45) is 3.67. The Morgan fingerprint density at radius 1 is 1.38 bits per heavy atom. The highest BCUT2D eigenvalue weighted by atomic mass is 16.5. The van der Waals surface area contributed by atoms with E-state index in [1.54, 1.807) is 6.33 Å². The molecule has 6 nitrogen and oxygen atoms in total. The number of nitrogens with one attached hydrogen (secondary N) is 2. The van der Waals surface area contributed by atoms with Crippen molar-refractivity contribution in [3.8, 4) is 0 Å². The smallest absolute Gasteiger partial charge is 0.338 e. The van der Waals surface area contributed by atoms with Gasteiger partial charge in [-0.15, -0.1) is 0 Å². The molecule has 0 spiro atoms. The lowest BCUT2D eigenvalue weighted by Gasteiger charge is -2.38. The van der Waals surface area contributed by atoms with Crippen LogP contribution in [-0.2, 0) is 17.9 Å². The minimum absolute atomic E-state index is 0.204. The number of esters is 1. The molecule has 0 aliphatic carbocycles. The van der Waals surface area contributed by atoms with E-state index in [4.69, 9.17) is 4.74 Å². The van der Waals surface area contributed by atoms with Crippen LogP contribution in [0.2, 0.25) is 0 Å². The summed E-state index contributed by atoms with van der Waals surface area (Å²) in [5.74, 6) is -0.204. The van der Waals surface area contributed by atoms with E-state index >= 15 is 0 Å². The van der Waals surface area contributed by atoms with Crippen LogP contribution in [0.25, 0.3) is 0 Å². The van der Waals surface area contributed by atoms with Gasteiger partial charge in [-0.25, -0.2) is 9.78 Å². The number of rotatable bonds is 3. The van der Waals surface area contributed by atoms with Crippen molar-refractivity contribution in [1.82, 2.24) is 20.2 Å². The summed E-state index contributed by atoms with van der Waals surface area (Å²) in [4.78, 5) is 21.5. The van der Waals surface area contributed by atoms with Gasteiger partial charge in [0.05, 0.1) is 17.6 Å². The van der Waals surface area contributed by atoms with Crippen molar-refractivity contribution in [1.29, 1.82) is 0 Å². The van der Waals surface area contributed by atoms with E-state index in [9.17, 15) is 4.79 Å². The van der Waals surface area contributed by atoms with Gasteiger partial charge in [-0.2, -0.15) is 0 Å². The molecule has 1 aromatic carbocycles. The zero-order chi connectivity index (χ0) is 16.7. The lowest BCUT2D eigenvalue weighted by atomic mass is 9.92. The van der Waals surface area contributed by atoms with Crippen LogP contribution in [0.1, 0.15) is 45.7 Å². The minimum Gasteiger partial charge on any atom is -0.457 e. The number of hydrogen-bond acceptors (Lipinski definition) is 5. The van der Waals surface area contributed by atoms with Crippen molar-refractivity contribution in [3.63, 3.8) is 0 Å². The molecule has 0 amide bonds. The van der Waals surface area contributed by atoms with Crippen molar-refractivity contribution in [2.24, 2.45) is 0 Å². The van der Waals surface area contributed by atoms with E-state index in [1.807, 2.05) is 12.3 Å². The second kappa shape index (κ2) is 6.03. The van der Waals surface area contributed by atoms with Gasteiger partial charge in [0.25, 0.3) is 0 Å². The summed E-state index contributed by atoms with van der Waals surface area (Å²) in [5.41, 5.74) is 5.24. The van der Waals surface area contributed by atoms with Gasteiger partial charge in [-0.1, -0.05) is 6.07 Å². The van der Waals surface area contributed by atoms with E-state index < -0.39 is 0 Å². The largest absolute Gasteiger partial charge is 0.457 e. The van der Waals surface area contributed by atoms with E-state index in [-0.39, 0.29) is 12.0 Å². The number of H-pyrrole nitrogens is 1. The summed E-state index contributed by atoms with van der Waals surface area (Å²) in [6, 6.07) is 4.62. The summed E-state index contributed by atoms with van der Waals surface area (Å²) in [6.45, 7) is 7.46. The molecule has 3 heterocycles. The maximum absolute atomic E-state index is 11.7. The fourth-order valence-electron chi connectivity index (χ4n) is 3.84. The Hall–Kier alpha value is -2.18. The molecule has 0 unspecified atom stereocenters. The van der Waals surface area contributed by atoms with Gasteiger partial charge in [0.1, 0.15) is 6.61 Å². The Kier molecular flexibility index (Phi) is 3.86. The molecular formula is C18H22N4O2.